The van der Waals surface area contributed by atoms with E-state index in [9.17, 15) is 16.8 Å². The predicted molar refractivity (Wildman–Crippen MR) is 136 cm³/mol. The van der Waals surface area contributed by atoms with Crippen LogP contribution in [0.2, 0.25) is 5.02 Å². The normalized spacial score (nSPS) is 12.4. The number of hydrogen-bond acceptors (Lipinski definition) is 6. The van der Waals surface area contributed by atoms with Crippen molar-refractivity contribution in [1.82, 2.24) is 13.9 Å². The van der Waals surface area contributed by atoms with Crippen LogP contribution >= 0.6 is 11.6 Å². The molecule has 0 spiro atoms. The van der Waals surface area contributed by atoms with Crippen molar-refractivity contribution in [3.05, 3.63) is 71.0 Å². The van der Waals surface area contributed by atoms with Gasteiger partial charge in [-0.25, -0.2) is 21.8 Å². The molecule has 0 aliphatic rings. The van der Waals surface area contributed by atoms with Crippen molar-refractivity contribution < 1.29 is 21.6 Å². The molecule has 0 radical (unpaired) electrons. The molecule has 0 unspecified atom stereocenters. The average Bonchev–Trinajstić information content (AvgIpc) is 3.19. The van der Waals surface area contributed by atoms with Crippen LogP contribution in [0.5, 0.6) is 5.75 Å². The van der Waals surface area contributed by atoms with Crippen molar-refractivity contribution in [2.45, 2.75) is 49.7 Å². The standard InChI is InChI=1S/C24H30ClN3O5S2/c1-5-27(35(31,32)23-11-9-20(25)10-12-23)16-21-14-26-24(28(21)15-18(2)3)34(29,30)17-19-7-6-8-22(13-19)33-4/h6-14,18H,5,15-17H2,1-4H3. The highest BCUT2D eigenvalue weighted by molar-refractivity contribution is 7.90. The molecule has 0 aliphatic heterocycles. The summed E-state index contributed by atoms with van der Waals surface area (Å²) in [6.45, 7) is 6.21. The predicted octanol–water partition coefficient (Wildman–Crippen LogP) is 4.39. The molecule has 0 atom stereocenters. The van der Waals surface area contributed by atoms with Crippen molar-refractivity contribution in [2.24, 2.45) is 5.92 Å². The number of halogens is 1. The minimum Gasteiger partial charge on any atom is -0.497 e. The maximum Gasteiger partial charge on any atom is 0.243 e. The Kier molecular flexibility index (Phi) is 8.63. The lowest BCUT2D eigenvalue weighted by atomic mass is 10.2. The van der Waals surface area contributed by atoms with E-state index in [-0.39, 0.29) is 34.8 Å². The van der Waals surface area contributed by atoms with Gasteiger partial charge in [-0.15, -0.1) is 0 Å². The number of hydrogen-bond donors (Lipinski definition) is 0. The van der Waals surface area contributed by atoms with E-state index in [1.165, 1.54) is 41.9 Å². The molecule has 0 aliphatic carbocycles. The van der Waals surface area contributed by atoms with Gasteiger partial charge < -0.3 is 9.30 Å². The van der Waals surface area contributed by atoms with Gasteiger partial charge in [0.2, 0.25) is 25.0 Å². The molecule has 1 heterocycles. The van der Waals surface area contributed by atoms with Gasteiger partial charge in [-0.2, -0.15) is 4.31 Å². The molecule has 0 fully saturated rings. The number of nitrogens with zero attached hydrogens (tertiary/aromatic N) is 3. The van der Waals surface area contributed by atoms with Gasteiger partial charge in [-0.1, -0.05) is 44.5 Å². The van der Waals surface area contributed by atoms with Crippen molar-refractivity contribution in [3.63, 3.8) is 0 Å². The van der Waals surface area contributed by atoms with Gasteiger partial charge in [0, 0.05) is 18.1 Å². The molecule has 0 saturated heterocycles. The molecule has 35 heavy (non-hydrogen) atoms. The first kappa shape index (κ1) is 27.2. The van der Waals surface area contributed by atoms with E-state index in [1.807, 2.05) is 13.8 Å². The lowest BCUT2D eigenvalue weighted by Gasteiger charge is -2.22. The number of sulfonamides is 1. The summed E-state index contributed by atoms with van der Waals surface area (Å²) in [6, 6.07) is 12.8. The van der Waals surface area contributed by atoms with Crippen LogP contribution in [0.4, 0.5) is 0 Å². The van der Waals surface area contributed by atoms with Gasteiger partial charge in [0.05, 0.1) is 36.2 Å². The maximum absolute atomic E-state index is 13.4. The summed E-state index contributed by atoms with van der Waals surface area (Å²) in [5.41, 5.74) is 1.08. The Bertz CT molecular complexity index is 1370. The number of rotatable bonds is 11. The summed E-state index contributed by atoms with van der Waals surface area (Å²) < 4.78 is 61.3. The van der Waals surface area contributed by atoms with E-state index in [2.05, 4.69) is 4.98 Å². The van der Waals surface area contributed by atoms with Crippen molar-refractivity contribution >= 4 is 31.5 Å². The SMILES string of the molecule is CCN(Cc1cnc(S(=O)(=O)Cc2cccc(OC)c2)n1CC(C)C)S(=O)(=O)c1ccc(Cl)cc1. The van der Waals surface area contributed by atoms with Crippen LogP contribution in [0, 0.1) is 5.92 Å². The number of sulfone groups is 1. The largest absolute Gasteiger partial charge is 0.497 e. The molecule has 3 rings (SSSR count). The molecule has 1 aromatic heterocycles. The Morgan fingerprint density at radius 3 is 2.37 bits per heavy atom. The summed E-state index contributed by atoms with van der Waals surface area (Å²) in [5.74, 6) is 0.422. The molecule has 0 amide bonds. The number of imidazole rings is 1. The van der Waals surface area contributed by atoms with Gasteiger partial charge >= 0.3 is 0 Å². The lowest BCUT2D eigenvalue weighted by molar-refractivity contribution is 0.395. The Morgan fingerprint density at radius 1 is 1.09 bits per heavy atom. The van der Waals surface area contributed by atoms with E-state index < -0.39 is 19.9 Å². The molecule has 190 valence electrons. The zero-order valence-corrected chi connectivity index (χ0v) is 22.6. The van der Waals surface area contributed by atoms with Crippen LogP contribution < -0.4 is 4.74 Å². The van der Waals surface area contributed by atoms with E-state index in [1.54, 1.807) is 35.8 Å². The fourth-order valence-electron chi connectivity index (χ4n) is 3.68. The van der Waals surface area contributed by atoms with Crippen LogP contribution in [0.25, 0.3) is 0 Å². The lowest BCUT2D eigenvalue weighted by Crippen LogP contribution is -2.31. The van der Waals surface area contributed by atoms with Gasteiger partial charge in [-0.3, -0.25) is 0 Å². The van der Waals surface area contributed by atoms with E-state index in [4.69, 9.17) is 16.3 Å². The molecule has 3 aromatic rings. The van der Waals surface area contributed by atoms with Gasteiger partial charge in [-0.05, 0) is 47.9 Å². The second-order valence-corrected chi connectivity index (χ2v) is 12.8. The highest BCUT2D eigenvalue weighted by Gasteiger charge is 2.28. The number of aromatic nitrogens is 2. The minimum absolute atomic E-state index is 0.0180. The third-order valence-electron chi connectivity index (χ3n) is 5.36. The smallest absolute Gasteiger partial charge is 0.243 e. The zero-order valence-electron chi connectivity index (χ0n) is 20.2. The first-order valence-corrected chi connectivity index (χ1v) is 14.6. The Hall–Kier alpha value is -2.40. The molecule has 0 saturated carbocycles. The molecular weight excluding hydrogens is 510 g/mol. The monoisotopic (exact) mass is 539 g/mol. The third-order valence-corrected chi connectivity index (χ3v) is 9.14. The molecule has 8 nitrogen and oxygen atoms in total. The molecule has 2 aromatic carbocycles. The van der Waals surface area contributed by atoms with Crippen LogP contribution in [0.3, 0.4) is 0 Å². The summed E-state index contributed by atoms with van der Waals surface area (Å²) >= 11 is 5.91. The van der Waals surface area contributed by atoms with Crippen molar-refractivity contribution in [3.8, 4) is 5.75 Å². The molecular formula is C24H30ClN3O5S2. The number of methoxy groups -OCH3 is 1. The Labute approximate surface area is 212 Å². The summed E-state index contributed by atoms with van der Waals surface area (Å²) in [6.07, 6.45) is 1.45. The summed E-state index contributed by atoms with van der Waals surface area (Å²) in [5, 5.41) is 0.358. The first-order chi connectivity index (χ1) is 16.5. The zero-order chi connectivity index (χ0) is 25.8. The quantitative estimate of drug-likeness (QED) is 0.358. The van der Waals surface area contributed by atoms with Crippen LogP contribution in [-0.2, 0) is 38.7 Å². The minimum atomic E-state index is -3.82. The van der Waals surface area contributed by atoms with Gasteiger partial charge in [0.25, 0.3) is 0 Å². The topological polar surface area (TPSA) is 98.6 Å². The van der Waals surface area contributed by atoms with Crippen molar-refractivity contribution in [1.29, 1.82) is 0 Å². The first-order valence-electron chi connectivity index (χ1n) is 11.1. The Balaban J connectivity index is 1.97. The van der Waals surface area contributed by atoms with Crippen molar-refractivity contribution in [2.75, 3.05) is 13.7 Å². The molecule has 0 N–H and O–H groups in total. The second kappa shape index (κ2) is 11.1. The summed E-state index contributed by atoms with van der Waals surface area (Å²) in [4.78, 5) is 4.35. The van der Waals surface area contributed by atoms with Crippen LogP contribution in [-0.4, -0.2) is 44.3 Å². The van der Waals surface area contributed by atoms with Gasteiger partial charge in [0.1, 0.15) is 5.75 Å². The average molecular weight is 540 g/mol. The highest BCUT2D eigenvalue weighted by atomic mass is 35.5. The summed E-state index contributed by atoms with van der Waals surface area (Å²) in [7, 11) is -6.12. The fourth-order valence-corrected chi connectivity index (χ4v) is 6.71. The number of ether oxygens (including phenoxy) is 1. The number of benzene rings is 2. The molecule has 11 heteroatoms. The fraction of sp³-hybridized carbons (Fsp3) is 0.375. The third kappa shape index (κ3) is 6.43. The molecule has 0 bridgehead atoms. The van der Waals surface area contributed by atoms with E-state index in [0.29, 0.717) is 28.6 Å². The highest BCUT2D eigenvalue weighted by Crippen LogP contribution is 2.24. The van der Waals surface area contributed by atoms with Crippen LogP contribution in [0.15, 0.2) is 64.8 Å². The van der Waals surface area contributed by atoms with E-state index >= 15 is 0 Å². The van der Waals surface area contributed by atoms with Crippen LogP contribution in [0.1, 0.15) is 32.0 Å². The van der Waals surface area contributed by atoms with Gasteiger partial charge in [0.15, 0.2) is 0 Å². The Morgan fingerprint density at radius 2 is 1.77 bits per heavy atom. The second-order valence-electron chi connectivity index (χ2n) is 8.53. The van der Waals surface area contributed by atoms with E-state index in [0.717, 1.165) is 0 Å². The maximum atomic E-state index is 13.4.